The van der Waals surface area contributed by atoms with Crippen LogP contribution in [0.3, 0.4) is 0 Å². The SMILES string of the molecule is C[C@@H](CO)NC(=O)Cc1csc(-c2ccco2)n1. The minimum atomic E-state index is -0.235. The molecule has 2 aromatic rings. The first-order chi connectivity index (χ1) is 8.69. The highest BCUT2D eigenvalue weighted by Gasteiger charge is 2.11. The molecule has 2 heterocycles. The van der Waals surface area contributed by atoms with Gasteiger partial charge in [-0.25, -0.2) is 4.98 Å². The van der Waals surface area contributed by atoms with Gasteiger partial charge in [-0.05, 0) is 19.1 Å². The molecule has 0 aromatic carbocycles. The van der Waals surface area contributed by atoms with Crippen LogP contribution in [0.5, 0.6) is 0 Å². The summed E-state index contributed by atoms with van der Waals surface area (Å²) in [5, 5.41) is 14.1. The normalized spacial score (nSPS) is 12.3. The Morgan fingerprint density at radius 2 is 2.50 bits per heavy atom. The third-order valence-corrected chi connectivity index (χ3v) is 3.21. The van der Waals surface area contributed by atoms with E-state index in [0.717, 1.165) is 5.01 Å². The van der Waals surface area contributed by atoms with E-state index in [2.05, 4.69) is 10.3 Å². The van der Waals surface area contributed by atoms with Gasteiger partial charge in [-0.1, -0.05) is 0 Å². The van der Waals surface area contributed by atoms with Gasteiger partial charge in [0.25, 0.3) is 0 Å². The largest absolute Gasteiger partial charge is 0.462 e. The van der Waals surface area contributed by atoms with Crippen molar-refractivity contribution in [3.8, 4) is 10.8 Å². The quantitative estimate of drug-likeness (QED) is 0.858. The maximum Gasteiger partial charge on any atom is 0.226 e. The van der Waals surface area contributed by atoms with Crippen LogP contribution in [-0.4, -0.2) is 28.6 Å². The Morgan fingerprint density at radius 1 is 1.67 bits per heavy atom. The van der Waals surface area contributed by atoms with Crippen molar-refractivity contribution in [1.82, 2.24) is 10.3 Å². The predicted octanol–water partition coefficient (Wildman–Crippen LogP) is 1.44. The fourth-order valence-corrected chi connectivity index (χ4v) is 2.22. The predicted molar refractivity (Wildman–Crippen MR) is 68.2 cm³/mol. The van der Waals surface area contributed by atoms with Gasteiger partial charge in [0, 0.05) is 11.4 Å². The number of nitrogens with one attached hydrogen (secondary N) is 1. The van der Waals surface area contributed by atoms with Crippen molar-refractivity contribution in [2.24, 2.45) is 0 Å². The highest BCUT2D eigenvalue weighted by atomic mass is 32.1. The van der Waals surface area contributed by atoms with Crippen LogP contribution in [0.2, 0.25) is 0 Å². The number of carbonyl (C=O) groups is 1. The number of aliphatic hydroxyl groups excluding tert-OH is 1. The van der Waals surface area contributed by atoms with Crippen molar-refractivity contribution >= 4 is 17.2 Å². The molecular weight excluding hydrogens is 252 g/mol. The first kappa shape index (κ1) is 12.8. The summed E-state index contributed by atoms with van der Waals surface area (Å²) in [6.45, 7) is 1.67. The minimum Gasteiger partial charge on any atom is -0.462 e. The smallest absolute Gasteiger partial charge is 0.226 e. The second kappa shape index (κ2) is 5.79. The summed E-state index contributed by atoms with van der Waals surface area (Å²) >= 11 is 1.44. The number of furan rings is 1. The topological polar surface area (TPSA) is 75.4 Å². The number of amides is 1. The van der Waals surface area contributed by atoms with E-state index >= 15 is 0 Å². The summed E-state index contributed by atoms with van der Waals surface area (Å²) in [7, 11) is 0. The second-order valence-electron chi connectivity index (χ2n) is 3.95. The van der Waals surface area contributed by atoms with Crippen LogP contribution in [0.4, 0.5) is 0 Å². The Hall–Kier alpha value is -1.66. The zero-order valence-corrected chi connectivity index (χ0v) is 10.7. The monoisotopic (exact) mass is 266 g/mol. The lowest BCUT2D eigenvalue weighted by Gasteiger charge is -2.09. The molecule has 0 radical (unpaired) electrons. The van der Waals surface area contributed by atoms with Gasteiger partial charge in [0.05, 0.1) is 25.0 Å². The first-order valence-corrected chi connectivity index (χ1v) is 6.45. The molecule has 0 saturated heterocycles. The molecule has 0 aliphatic heterocycles. The maximum atomic E-state index is 11.6. The third kappa shape index (κ3) is 3.18. The Morgan fingerprint density at radius 3 is 3.17 bits per heavy atom. The average molecular weight is 266 g/mol. The molecule has 0 aliphatic rings. The standard InChI is InChI=1S/C12H14N2O3S/c1-8(6-15)13-11(16)5-9-7-18-12(14-9)10-3-2-4-17-10/h2-4,7-8,15H,5-6H2,1H3,(H,13,16)/t8-/m0/s1. The summed E-state index contributed by atoms with van der Waals surface area (Å²) in [6.07, 6.45) is 1.80. The lowest BCUT2D eigenvalue weighted by atomic mass is 10.3. The summed E-state index contributed by atoms with van der Waals surface area (Å²) in [4.78, 5) is 15.9. The molecular formula is C12H14N2O3S. The van der Waals surface area contributed by atoms with E-state index in [1.807, 2.05) is 11.4 Å². The van der Waals surface area contributed by atoms with Crippen molar-refractivity contribution in [1.29, 1.82) is 0 Å². The van der Waals surface area contributed by atoms with Crippen LogP contribution in [0, 0.1) is 0 Å². The molecule has 6 heteroatoms. The van der Waals surface area contributed by atoms with Gasteiger partial charge in [0.1, 0.15) is 0 Å². The summed E-state index contributed by atoms with van der Waals surface area (Å²) in [6, 6.07) is 3.39. The summed E-state index contributed by atoms with van der Waals surface area (Å²) in [5.41, 5.74) is 0.703. The average Bonchev–Trinajstić information content (AvgIpc) is 2.98. The fraction of sp³-hybridized carbons (Fsp3) is 0.333. The van der Waals surface area contributed by atoms with E-state index in [4.69, 9.17) is 9.52 Å². The Labute approximate surface area is 108 Å². The molecule has 2 N–H and O–H groups in total. The summed E-state index contributed by atoms with van der Waals surface area (Å²) in [5.74, 6) is 0.559. The van der Waals surface area contributed by atoms with Gasteiger partial charge in [0.2, 0.25) is 5.91 Å². The molecule has 1 atom stereocenters. The Kier molecular flexibility index (Phi) is 4.11. The third-order valence-electron chi connectivity index (χ3n) is 2.31. The van der Waals surface area contributed by atoms with Crippen LogP contribution in [0.15, 0.2) is 28.2 Å². The molecule has 96 valence electrons. The fourth-order valence-electron chi connectivity index (χ4n) is 1.44. The van der Waals surface area contributed by atoms with Gasteiger partial charge < -0.3 is 14.8 Å². The number of nitrogens with zero attached hydrogens (tertiary/aromatic N) is 1. The van der Waals surface area contributed by atoms with E-state index in [-0.39, 0.29) is 25.0 Å². The zero-order valence-electron chi connectivity index (χ0n) is 9.92. The Bertz CT molecular complexity index is 507. The molecule has 0 saturated carbocycles. The molecule has 0 fully saturated rings. The van der Waals surface area contributed by atoms with Crippen LogP contribution in [0.1, 0.15) is 12.6 Å². The second-order valence-corrected chi connectivity index (χ2v) is 4.81. The number of thiazole rings is 1. The van der Waals surface area contributed by atoms with Crippen LogP contribution >= 0.6 is 11.3 Å². The number of aliphatic hydroxyl groups is 1. The number of aromatic nitrogens is 1. The molecule has 0 unspecified atom stereocenters. The molecule has 1 amide bonds. The first-order valence-electron chi connectivity index (χ1n) is 5.57. The Balaban J connectivity index is 1.97. The van der Waals surface area contributed by atoms with Crippen LogP contribution < -0.4 is 5.32 Å². The van der Waals surface area contributed by atoms with E-state index in [1.54, 1.807) is 19.3 Å². The lowest BCUT2D eigenvalue weighted by Crippen LogP contribution is -2.36. The van der Waals surface area contributed by atoms with Gasteiger partial charge in [-0.2, -0.15) is 0 Å². The highest BCUT2D eigenvalue weighted by Crippen LogP contribution is 2.23. The van der Waals surface area contributed by atoms with Crippen molar-refractivity contribution in [3.63, 3.8) is 0 Å². The molecule has 0 spiro atoms. The number of hydrogen-bond donors (Lipinski definition) is 2. The lowest BCUT2D eigenvalue weighted by molar-refractivity contribution is -0.121. The number of rotatable bonds is 5. The number of carbonyl (C=O) groups excluding carboxylic acids is 1. The van der Waals surface area contributed by atoms with Crippen LogP contribution in [-0.2, 0) is 11.2 Å². The van der Waals surface area contributed by atoms with Gasteiger partial charge in [-0.15, -0.1) is 11.3 Å². The van der Waals surface area contributed by atoms with Crippen molar-refractivity contribution in [3.05, 3.63) is 29.5 Å². The number of hydrogen-bond acceptors (Lipinski definition) is 5. The van der Waals surface area contributed by atoms with E-state index in [0.29, 0.717) is 11.5 Å². The molecule has 2 rings (SSSR count). The van der Waals surface area contributed by atoms with Gasteiger partial charge in [0.15, 0.2) is 10.8 Å². The maximum absolute atomic E-state index is 11.6. The highest BCUT2D eigenvalue weighted by molar-refractivity contribution is 7.13. The van der Waals surface area contributed by atoms with E-state index in [9.17, 15) is 4.79 Å². The van der Waals surface area contributed by atoms with Crippen molar-refractivity contribution < 1.29 is 14.3 Å². The zero-order chi connectivity index (χ0) is 13.0. The summed E-state index contributed by atoms with van der Waals surface area (Å²) < 4.78 is 5.23. The molecule has 18 heavy (non-hydrogen) atoms. The molecule has 0 aliphatic carbocycles. The molecule has 5 nitrogen and oxygen atoms in total. The molecule has 0 bridgehead atoms. The van der Waals surface area contributed by atoms with Gasteiger partial charge in [-0.3, -0.25) is 4.79 Å². The van der Waals surface area contributed by atoms with E-state index < -0.39 is 0 Å². The van der Waals surface area contributed by atoms with Crippen molar-refractivity contribution in [2.45, 2.75) is 19.4 Å². The minimum absolute atomic E-state index is 0.0690. The van der Waals surface area contributed by atoms with Crippen molar-refractivity contribution in [2.75, 3.05) is 6.61 Å². The molecule has 2 aromatic heterocycles. The van der Waals surface area contributed by atoms with Gasteiger partial charge >= 0.3 is 0 Å². The van der Waals surface area contributed by atoms with Crippen LogP contribution in [0.25, 0.3) is 10.8 Å². The van der Waals surface area contributed by atoms with E-state index in [1.165, 1.54) is 11.3 Å².